The summed E-state index contributed by atoms with van der Waals surface area (Å²) in [5, 5.41) is 3.35. The Morgan fingerprint density at radius 2 is 2.22 bits per heavy atom. The molecular formula is C14H20N2O2. The van der Waals surface area contributed by atoms with Crippen molar-refractivity contribution < 1.29 is 9.53 Å². The standard InChI is InChI=1S/C14H20N2O2/c1-3-15-11(2)8-9-16-12-6-4-5-7-13(12)18-10-14(16)17/h4-7,11,15H,3,8-10H2,1-2H3. The summed E-state index contributed by atoms with van der Waals surface area (Å²) < 4.78 is 5.41. The minimum atomic E-state index is 0.0393. The van der Waals surface area contributed by atoms with Gasteiger partial charge in [0.25, 0.3) is 5.91 Å². The van der Waals surface area contributed by atoms with Crippen LogP contribution < -0.4 is 15.0 Å². The van der Waals surface area contributed by atoms with Gasteiger partial charge in [-0.05, 0) is 32.0 Å². The van der Waals surface area contributed by atoms with Crippen molar-refractivity contribution in [3.63, 3.8) is 0 Å². The molecule has 1 aromatic carbocycles. The number of para-hydroxylation sites is 2. The van der Waals surface area contributed by atoms with Crippen molar-refractivity contribution in [1.82, 2.24) is 5.32 Å². The molecule has 0 radical (unpaired) electrons. The van der Waals surface area contributed by atoms with Gasteiger partial charge in [-0.1, -0.05) is 19.1 Å². The van der Waals surface area contributed by atoms with Crippen LogP contribution in [0.3, 0.4) is 0 Å². The zero-order valence-electron chi connectivity index (χ0n) is 11.0. The van der Waals surface area contributed by atoms with Gasteiger partial charge in [0, 0.05) is 12.6 Å². The first kappa shape index (κ1) is 12.9. The van der Waals surface area contributed by atoms with E-state index in [2.05, 4.69) is 19.2 Å². The van der Waals surface area contributed by atoms with Gasteiger partial charge >= 0.3 is 0 Å². The lowest BCUT2D eigenvalue weighted by atomic mass is 10.2. The van der Waals surface area contributed by atoms with Crippen LogP contribution in [-0.2, 0) is 4.79 Å². The lowest BCUT2D eigenvalue weighted by Gasteiger charge is -2.30. The Hall–Kier alpha value is -1.55. The quantitative estimate of drug-likeness (QED) is 0.864. The molecule has 1 atom stereocenters. The number of nitrogens with one attached hydrogen (secondary N) is 1. The van der Waals surface area contributed by atoms with Crippen molar-refractivity contribution >= 4 is 11.6 Å². The number of carbonyl (C=O) groups is 1. The maximum Gasteiger partial charge on any atom is 0.265 e. The Morgan fingerprint density at radius 1 is 1.44 bits per heavy atom. The highest BCUT2D eigenvalue weighted by Crippen LogP contribution is 2.31. The first-order valence-corrected chi connectivity index (χ1v) is 6.48. The van der Waals surface area contributed by atoms with E-state index in [0.717, 1.165) is 30.9 Å². The van der Waals surface area contributed by atoms with Crippen LogP contribution in [0.2, 0.25) is 0 Å². The lowest BCUT2D eigenvalue weighted by Crippen LogP contribution is -2.41. The van der Waals surface area contributed by atoms with Gasteiger partial charge < -0.3 is 15.0 Å². The summed E-state index contributed by atoms with van der Waals surface area (Å²) in [6.07, 6.45) is 0.938. The van der Waals surface area contributed by atoms with Gasteiger partial charge in [-0.15, -0.1) is 0 Å². The minimum absolute atomic E-state index is 0.0393. The molecule has 0 aliphatic carbocycles. The number of fused-ring (bicyclic) bond motifs is 1. The fourth-order valence-corrected chi connectivity index (χ4v) is 2.17. The zero-order chi connectivity index (χ0) is 13.0. The van der Waals surface area contributed by atoms with Gasteiger partial charge in [-0.3, -0.25) is 4.79 Å². The maximum absolute atomic E-state index is 11.9. The Labute approximate surface area is 108 Å². The molecule has 1 N–H and O–H groups in total. The van der Waals surface area contributed by atoms with E-state index < -0.39 is 0 Å². The molecule has 4 nitrogen and oxygen atoms in total. The number of anilines is 1. The van der Waals surface area contributed by atoms with E-state index in [0.29, 0.717) is 6.04 Å². The van der Waals surface area contributed by atoms with E-state index in [9.17, 15) is 4.79 Å². The highest BCUT2D eigenvalue weighted by molar-refractivity contribution is 5.97. The molecule has 1 aliphatic heterocycles. The molecule has 4 heteroatoms. The number of rotatable bonds is 5. The summed E-state index contributed by atoms with van der Waals surface area (Å²) in [6, 6.07) is 8.11. The number of nitrogens with zero attached hydrogens (tertiary/aromatic N) is 1. The van der Waals surface area contributed by atoms with Crippen LogP contribution in [0.25, 0.3) is 0 Å². The van der Waals surface area contributed by atoms with Gasteiger partial charge in [0.05, 0.1) is 5.69 Å². The van der Waals surface area contributed by atoms with Crippen LogP contribution >= 0.6 is 0 Å². The summed E-state index contributed by atoms with van der Waals surface area (Å²) in [7, 11) is 0. The molecule has 0 saturated heterocycles. The van der Waals surface area contributed by atoms with Crippen molar-refractivity contribution in [1.29, 1.82) is 0 Å². The molecule has 0 bridgehead atoms. The second-order valence-corrected chi connectivity index (χ2v) is 4.55. The normalized spacial score (nSPS) is 16.1. The third-order valence-electron chi connectivity index (χ3n) is 3.15. The molecule has 0 fully saturated rings. The summed E-state index contributed by atoms with van der Waals surface area (Å²) in [4.78, 5) is 13.7. The number of hydrogen-bond acceptors (Lipinski definition) is 3. The molecule has 0 saturated carbocycles. The SMILES string of the molecule is CCNC(C)CCN1C(=O)COc2ccccc21. The van der Waals surface area contributed by atoms with Crippen LogP contribution in [0.5, 0.6) is 5.75 Å². The average molecular weight is 248 g/mol. The first-order chi connectivity index (χ1) is 8.72. The molecule has 1 aromatic rings. The van der Waals surface area contributed by atoms with Crippen LogP contribution in [0.1, 0.15) is 20.3 Å². The zero-order valence-corrected chi connectivity index (χ0v) is 11.0. The Kier molecular flexibility index (Phi) is 4.20. The topological polar surface area (TPSA) is 41.6 Å². The molecule has 0 aromatic heterocycles. The summed E-state index contributed by atoms with van der Waals surface area (Å²) in [6.45, 7) is 6.06. The summed E-state index contributed by atoms with van der Waals surface area (Å²) >= 11 is 0. The Morgan fingerprint density at radius 3 is 3.00 bits per heavy atom. The second-order valence-electron chi connectivity index (χ2n) is 4.55. The average Bonchev–Trinajstić information content (AvgIpc) is 2.38. The largest absolute Gasteiger partial charge is 0.482 e. The molecular weight excluding hydrogens is 228 g/mol. The van der Waals surface area contributed by atoms with Crippen molar-refractivity contribution in [2.45, 2.75) is 26.3 Å². The number of carbonyl (C=O) groups excluding carboxylic acids is 1. The molecule has 2 rings (SSSR count). The van der Waals surface area contributed by atoms with Gasteiger partial charge in [0.2, 0.25) is 0 Å². The third-order valence-corrected chi connectivity index (χ3v) is 3.15. The smallest absolute Gasteiger partial charge is 0.265 e. The van der Waals surface area contributed by atoms with Crippen molar-refractivity contribution in [3.8, 4) is 5.75 Å². The van der Waals surface area contributed by atoms with E-state index in [1.807, 2.05) is 29.2 Å². The number of ether oxygens (including phenoxy) is 1. The van der Waals surface area contributed by atoms with Crippen LogP contribution in [0, 0.1) is 0 Å². The fourth-order valence-electron chi connectivity index (χ4n) is 2.17. The van der Waals surface area contributed by atoms with Crippen molar-refractivity contribution in [2.24, 2.45) is 0 Å². The second kappa shape index (κ2) is 5.87. The molecule has 1 aliphatic rings. The summed E-state index contributed by atoms with van der Waals surface area (Å²) in [5.74, 6) is 0.839. The molecule has 98 valence electrons. The third kappa shape index (κ3) is 2.82. The van der Waals surface area contributed by atoms with Gasteiger partial charge in [-0.25, -0.2) is 0 Å². The monoisotopic (exact) mass is 248 g/mol. The predicted octanol–water partition coefficient (Wildman–Crippen LogP) is 1.80. The lowest BCUT2D eigenvalue weighted by molar-refractivity contribution is -0.121. The van der Waals surface area contributed by atoms with Gasteiger partial charge in [-0.2, -0.15) is 0 Å². The van der Waals surface area contributed by atoms with E-state index >= 15 is 0 Å². The Balaban J connectivity index is 2.05. The molecule has 1 heterocycles. The van der Waals surface area contributed by atoms with Crippen molar-refractivity contribution in [2.75, 3.05) is 24.6 Å². The van der Waals surface area contributed by atoms with E-state index in [4.69, 9.17) is 4.74 Å². The molecule has 0 spiro atoms. The maximum atomic E-state index is 11.9. The van der Waals surface area contributed by atoms with Crippen molar-refractivity contribution in [3.05, 3.63) is 24.3 Å². The van der Waals surface area contributed by atoms with Crippen LogP contribution in [-0.4, -0.2) is 31.6 Å². The predicted molar refractivity (Wildman–Crippen MR) is 72.0 cm³/mol. The fraction of sp³-hybridized carbons (Fsp3) is 0.500. The highest BCUT2D eigenvalue weighted by Gasteiger charge is 2.24. The Bertz CT molecular complexity index is 420. The number of benzene rings is 1. The minimum Gasteiger partial charge on any atom is -0.482 e. The summed E-state index contributed by atoms with van der Waals surface area (Å²) in [5.41, 5.74) is 0.887. The van der Waals surface area contributed by atoms with Gasteiger partial charge in [0.1, 0.15) is 5.75 Å². The number of amides is 1. The van der Waals surface area contributed by atoms with Crippen LogP contribution in [0.15, 0.2) is 24.3 Å². The highest BCUT2D eigenvalue weighted by atomic mass is 16.5. The van der Waals surface area contributed by atoms with Crippen LogP contribution in [0.4, 0.5) is 5.69 Å². The first-order valence-electron chi connectivity index (χ1n) is 6.48. The molecule has 1 amide bonds. The van der Waals surface area contributed by atoms with Gasteiger partial charge in [0.15, 0.2) is 6.61 Å². The van der Waals surface area contributed by atoms with E-state index in [1.165, 1.54) is 0 Å². The van der Waals surface area contributed by atoms with E-state index in [-0.39, 0.29) is 12.5 Å². The number of hydrogen-bond donors (Lipinski definition) is 1. The molecule has 18 heavy (non-hydrogen) atoms. The van der Waals surface area contributed by atoms with E-state index in [1.54, 1.807) is 0 Å². The molecule has 1 unspecified atom stereocenters.